The van der Waals surface area contributed by atoms with Crippen LogP contribution in [0, 0.1) is 0 Å². The van der Waals surface area contributed by atoms with E-state index in [9.17, 15) is 0 Å². The van der Waals surface area contributed by atoms with Gasteiger partial charge in [0.15, 0.2) is 0 Å². The quantitative estimate of drug-likeness (QED) is 0.270. The van der Waals surface area contributed by atoms with E-state index in [1.165, 1.54) is 0 Å². The number of hydrogen-bond acceptors (Lipinski definition) is 1. The van der Waals surface area contributed by atoms with E-state index in [2.05, 4.69) is 78.2 Å². The Balaban J connectivity index is 1.73. The van der Waals surface area contributed by atoms with Crippen LogP contribution in [-0.2, 0) is 0 Å². The lowest BCUT2D eigenvalue weighted by atomic mass is 10.1. The number of rotatable bonds is 3. The minimum Gasteiger partial charge on any atom is -0.360 e. The van der Waals surface area contributed by atoms with Gasteiger partial charge in [-0.1, -0.05) is 74.3 Å². The highest BCUT2D eigenvalue weighted by Gasteiger charge is 2.17. The zero-order chi connectivity index (χ0) is 19.1. The first-order valence-corrected chi connectivity index (χ1v) is 10.5. The largest absolute Gasteiger partial charge is 0.360 e. The van der Waals surface area contributed by atoms with Gasteiger partial charge in [-0.2, -0.15) is 0 Å². The molecule has 0 atom stereocenters. The molecule has 2 heterocycles. The Hall–Kier alpha value is -2.63. The molecule has 0 unspecified atom stereocenters. The smallest absolute Gasteiger partial charge is 0.140 e. The Bertz CT molecular complexity index is 1270. The van der Waals surface area contributed by atoms with Crippen molar-refractivity contribution in [2.24, 2.45) is 0 Å². The summed E-state index contributed by atoms with van der Waals surface area (Å²) in [6.07, 6.45) is 2.01. The maximum Gasteiger partial charge on any atom is 0.140 e. The van der Waals surface area contributed by atoms with Crippen LogP contribution in [0.4, 0.5) is 0 Å². The number of hydrogen-bond donors (Lipinski definition) is 2. The van der Waals surface area contributed by atoms with Gasteiger partial charge in [-0.3, -0.25) is 0 Å². The highest BCUT2D eigenvalue weighted by molar-refractivity contribution is 9.10. The van der Waals surface area contributed by atoms with E-state index in [1.54, 1.807) is 0 Å². The van der Waals surface area contributed by atoms with Crippen LogP contribution in [0.2, 0.25) is 0 Å². The van der Waals surface area contributed by atoms with E-state index < -0.39 is 0 Å². The van der Waals surface area contributed by atoms with Crippen LogP contribution >= 0.6 is 31.9 Å². The van der Waals surface area contributed by atoms with Crippen molar-refractivity contribution in [3.05, 3.63) is 87.9 Å². The maximum atomic E-state index is 5.00. The monoisotopic (exact) mass is 491 g/mol. The average molecular weight is 493 g/mol. The second-order valence-electron chi connectivity index (χ2n) is 6.57. The molecule has 3 aromatic carbocycles. The minimum atomic E-state index is 0.848. The molecule has 0 saturated carbocycles. The van der Waals surface area contributed by atoms with Gasteiger partial charge in [-0.25, -0.2) is 4.98 Å². The van der Waals surface area contributed by atoms with Gasteiger partial charge in [0.1, 0.15) is 5.82 Å². The van der Waals surface area contributed by atoms with Crippen molar-refractivity contribution < 1.29 is 0 Å². The van der Waals surface area contributed by atoms with E-state index in [-0.39, 0.29) is 0 Å². The number of imidazole rings is 1. The van der Waals surface area contributed by atoms with Gasteiger partial charge >= 0.3 is 0 Å². The molecule has 3 nitrogen and oxygen atoms in total. The molecule has 0 fully saturated rings. The van der Waals surface area contributed by atoms with Crippen LogP contribution in [0.25, 0.3) is 44.8 Å². The molecule has 5 aromatic rings. The summed E-state index contributed by atoms with van der Waals surface area (Å²) in [4.78, 5) is 11.9. The molecule has 136 valence electrons. The number of halogens is 2. The topological polar surface area (TPSA) is 44.5 Å². The summed E-state index contributed by atoms with van der Waals surface area (Å²) in [7, 11) is 0. The summed E-state index contributed by atoms with van der Waals surface area (Å²) in [6, 6.07) is 24.8. The van der Waals surface area contributed by atoms with E-state index >= 15 is 0 Å². The molecule has 2 aromatic heterocycles. The number of aromatic nitrogens is 3. The van der Waals surface area contributed by atoms with Gasteiger partial charge in [0.25, 0.3) is 0 Å². The predicted octanol–water partition coefficient (Wildman–Crippen LogP) is 7.42. The molecule has 0 radical (unpaired) electrons. The normalized spacial score (nSPS) is 11.2. The number of aromatic amines is 2. The molecule has 0 saturated heterocycles. The van der Waals surface area contributed by atoms with E-state index in [0.29, 0.717) is 0 Å². The van der Waals surface area contributed by atoms with Gasteiger partial charge < -0.3 is 9.97 Å². The van der Waals surface area contributed by atoms with E-state index in [1.807, 2.05) is 42.6 Å². The van der Waals surface area contributed by atoms with E-state index in [4.69, 9.17) is 4.98 Å². The molecule has 5 rings (SSSR count). The van der Waals surface area contributed by atoms with Crippen molar-refractivity contribution in [1.29, 1.82) is 0 Å². The highest BCUT2D eigenvalue weighted by atomic mass is 79.9. The van der Waals surface area contributed by atoms with Crippen molar-refractivity contribution in [2.75, 3.05) is 0 Å². The molecule has 0 bridgehead atoms. The first kappa shape index (κ1) is 17.5. The Morgan fingerprint density at radius 3 is 2.29 bits per heavy atom. The third kappa shape index (κ3) is 3.11. The van der Waals surface area contributed by atoms with Crippen LogP contribution < -0.4 is 0 Å². The zero-order valence-corrected chi connectivity index (χ0v) is 17.9. The van der Waals surface area contributed by atoms with E-state index in [0.717, 1.165) is 53.8 Å². The van der Waals surface area contributed by atoms with Gasteiger partial charge in [0.05, 0.1) is 11.4 Å². The lowest BCUT2D eigenvalue weighted by molar-refractivity contribution is 1.31. The number of benzene rings is 3. The lowest BCUT2D eigenvalue weighted by Crippen LogP contribution is -1.83. The van der Waals surface area contributed by atoms with Crippen LogP contribution in [0.5, 0.6) is 0 Å². The van der Waals surface area contributed by atoms with Crippen molar-refractivity contribution in [1.82, 2.24) is 15.0 Å². The van der Waals surface area contributed by atoms with Crippen molar-refractivity contribution in [3.8, 4) is 33.9 Å². The fourth-order valence-electron chi connectivity index (χ4n) is 3.42. The number of fused-ring (bicyclic) bond motifs is 1. The number of nitrogens with zero attached hydrogens (tertiary/aromatic N) is 1. The van der Waals surface area contributed by atoms with Crippen LogP contribution in [0.15, 0.2) is 87.9 Å². The summed E-state index contributed by atoms with van der Waals surface area (Å²) in [5.41, 5.74) is 6.28. The molecule has 0 aliphatic heterocycles. The summed E-state index contributed by atoms with van der Waals surface area (Å²) in [5.74, 6) is 0.848. The first-order valence-electron chi connectivity index (χ1n) is 8.87. The van der Waals surface area contributed by atoms with Crippen molar-refractivity contribution in [3.63, 3.8) is 0 Å². The third-order valence-electron chi connectivity index (χ3n) is 4.78. The first-order chi connectivity index (χ1) is 13.7. The minimum absolute atomic E-state index is 0.848. The van der Waals surface area contributed by atoms with Gasteiger partial charge in [0, 0.05) is 42.7 Å². The zero-order valence-electron chi connectivity index (χ0n) is 14.7. The second-order valence-corrected chi connectivity index (χ2v) is 8.41. The highest BCUT2D eigenvalue weighted by Crippen LogP contribution is 2.36. The Kier molecular flexibility index (Phi) is 4.41. The predicted molar refractivity (Wildman–Crippen MR) is 122 cm³/mol. The molecule has 0 amide bonds. The molecule has 0 aliphatic rings. The Morgan fingerprint density at radius 1 is 0.750 bits per heavy atom. The van der Waals surface area contributed by atoms with Gasteiger partial charge in [0.2, 0.25) is 0 Å². The van der Waals surface area contributed by atoms with Gasteiger partial charge in [-0.05, 0) is 30.3 Å². The molecule has 28 heavy (non-hydrogen) atoms. The standard InChI is InChI=1S/C23H15Br2N3/c24-16-8-6-15(7-9-16)22-21(14-4-2-1-3-5-14)27-23(28-22)19-13-26-20-11-10-17(25)12-18(19)20/h1-13,26H,(H,27,28). The van der Waals surface area contributed by atoms with Crippen molar-refractivity contribution >= 4 is 42.8 Å². The lowest BCUT2D eigenvalue weighted by Gasteiger charge is -2.03. The maximum absolute atomic E-state index is 5.00. The summed E-state index contributed by atoms with van der Waals surface area (Å²) in [5, 5.41) is 1.13. The second kappa shape index (κ2) is 7.08. The molecule has 0 spiro atoms. The van der Waals surface area contributed by atoms with Crippen LogP contribution in [0.3, 0.4) is 0 Å². The fourth-order valence-corrected chi connectivity index (χ4v) is 4.05. The van der Waals surface area contributed by atoms with Crippen LogP contribution in [0.1, 0.15) is 0 Å². The Morgan fingerprint density at radius 2 is 1.50 bits per heavy atom. The fraction of sp³-hybridized carbons (Fsp3) is 0. The molecule has 2 N–H and O–H groups in total. The Labute approximate surface area is 179 Å². The molecule has 5 heteroatoms. The average Bonchev–Trinajstić information content (AvgIpc) is 3.33. The SMILES string of the molecule is Brc1ccc(-c2[nH]c(-c3c[nH]c4ccc(Br)cc34)nc2-c2ccccc2)cc1. The van der Waals surface area contributed by atoms with Crippen LogP contribution in [-0.4, -0.2) is 15.0 Å². The number of H-pyrrole nitrogens is 2. The van der Waals surface area contributed by atoms with Crippen molar-refractivity contribution in [2.45, 2.75) is 0 Å². The van der Waals surface area contributed by atoms with Gasteiger partial charge in [-0.15, -0.1) is 0 Å². The summed E-state index contributed by atoms with van der Waals surface area (Å²) < 4.78 is 2.10. The third-order valence-corrected chi connectivity index (χ3v) is 5.80. The molecular weight excluding hydrogens is 478 g/mol. The molecular formula is C23H15Br2N3. The summed E-state index contributed by atoms with van der Waals surface area (Å²) in [6.45, 7) is 0. The molecule has 0 aliphatic carbocycles. The number of nitrogens with one attached hydrogen (secondary N) is 2. The summed E-state index contributed by atoms with van der Waals surface area (Å²) >= 11 is 7.09.